The molecule has 0 N–H and O–H groups in total. The Kier molecular flexibility index (Phi) is 5.85. The van der Waals surface area contributed by atoms with E-state index in [0.29, 0.717) is 23.7 Å². The highest BCUT2D eigenvalue weighted by Crippen LogP contribution is 2.28. The number of rotatable bonds is 4. The Morgan fingerprint density at radius 3 is 2.24 bits per heavy atom. The molecule has 0 saturated carbocycles. The van der Waals surface area contributed by atoms with Gasteiger partial charge in [0, 0.05) is 44.8 Å². The van der Waals surface area contributed by atoms with Crippen LogP contribution in [0.15, 0.2) is 35.2 Å². The number of hydrogen-bond donors (Lipinski definition) is 0. The average Bonchev–Trinajstić information content (AvgIpc) is 2.75. The van der Waals surface area contributed by atoms with E-state index in [1.165, 1.54) is 0 Å². The standard InChI is InChI=1S/C21H29N5O2S/c1-17-6-7-18(16-20(17)29(27,28)26-10-4-3-5-11-26)19-8-9-21(23-22-19)25-14-12-24(2)13-15-25/h6-9,16H,3-5,10-15H2,1-2H3. The molecule has 3 heterocycles. The maximum absolute atomic E-state index is 13.2. The molecule has 0 radical (unpaired) electrons. The number of likely N-dealkylation sites (N-methyl/N-ethyl adjacent to an activating group) is 1. The smallest absolute Gasteiger partial charge is 0.243 e. The van der Waals surface area contributed by atoms with E-state index in [2.05, 4.69) is 27.0 Å². The zero-order valence-electron chi connectivity index (χ0n) is 17.2. The van der Waals surface area contributed by atoms with E-state index in [0.717, 1.165) is 62.4 Å². The number of benzene rings is 1. The summed E-state index contributed by atoms with van der Waals surface area (Å²) in [4.78, 5) is 4.91. The molecule has 0 unspecified atom stereocenters. The molecule has 0 atom stereocenters. The molecule has 2 aliphatic heterocycles. The summed E-state index contributed by atoms with van der Waals surface area (Å²) in [5.41, 5.74) is 2.24. The summed E-state index contributed by atoms with van der Waals surface area (Å²) >= 11 is 0. The first-order valence-electron chi connectivity index (χ1n) is 10.3. The second-order valence-corrected chi connectivity index (χ2v) is 9.92. The molecule has 0 amide bonds. The molecule has 2 aliphatic rings. The Hall–Kier alpha value is -2.03. The molecule has 0 aliphatic carbocycles. The van der Waals surface area contributed by atoms with Crippen molar-refractivity contribution in [1.82, 2.24) is 19.4 Å². The highest BCUT2D eigenvalue weighted by molar-refractivity contribution is 7.89. The number of aromatic nitrogens is 2. The molecule has 2 saturated heterocycles. The normalized spacial score (nSPS) is 19.4. The van der Waals surface area contributed by atoms with Crippen molar-refractivity contribution in [2.24, 2.45) is 0 Å². The van der Waals surface area contributed by atoms with E-state index >= 15 is 0 Å². The largest absolute Gasteiger partial charge is 0.353 e. The van der Waals surface area contributed by atoms with Crippen LogP contribution in [0.4, 0.5) is 5.82 Å². The third-order valence-electron chi connectivity index (χ3n) is 5.89. The van der Waals surface area contributed by atoms with Gasteiger partial charge >= 0.3 is 0 Å². The molecule has 1 aromatic carbocycles. The second kappa shape index (κ2) is 8.38. The van der Waals surface area contributed by atoms with Crippen molar-refractivity contribution in [1.29, 1.82) is 0 Å². The van der Waals surface area contributed by atoms with Crippen molar-refractivity contribution in [3.63, 3.8) is 0 Å². The molecule has 0 spiro atoms. The lowest BCUT2D eigenvalue weighted by atomic mass is 10.1. The van der Waals surface area contributed by atoms with E-state index in [1.54, 1.807) is 10.4 Å². The molecule has 2 aromatic rings. The van der Waals surface area contributed by atoms with Crippen LogP contribution in [0.2, 0.25) is 0 Å². The highest BCUT2D eigenvalue weighted by Gasteiger charge is 2.27. The molecular formula is C21H29N5O2S. The van der Waals surface area contributed by atoms with Gasteiger partial charge in [0.15, 0.2) is 5.82 Å². The highest BCUT2D eigenvalue weighted by atomic mass is 32.2. The number of aryl methyl sites for hydroxylation is 1. The molecule has 2 fully saturated rings. The van der Waals surface area contributed by atoms with Gasteiger partial charge in [0.05, 0.1) is 10.6 Å². The van der Waals surface area contributed by atoms with E-state index in [-0.39, 0.29) is 0 Å². The van der Waals surface area contributed by atoms with Crippen LogP contribution >= 0.6 is 0 Å². The molecule has 1 aromatic heterocycles. The molecule has 29 heavy (non-hydrogen) atoms. The quantitative estimate of drug-likeness (QED) is 0.764. The Morgan fingerprint density at radius 1 is 0.862 bits per heavy atom. The maximum atomic E-state index is 13.2. The lowest BCUT2D eigenvalue weighted by Gasteiger charge is -2.32. The number of sulfonamides is 1. The summed E-state index contributed by atoms with van der Waals surface area (Å²) in [6.45, 7) is 6.96. The SMILES string of the molecule is Cc1ccc(-c2ccc(N3CCN(C)CC3)nn2)cc1S(=O)(=O)N1CCCCC1. The first kappa shape index (κ1) is 20.3. The van der Waals surface area contributed by atoms with Crippen LogP contribution in [0.3, 0.4) is 0 Å². The Morgan fingerprint density at radius 2 is 1.59 bits per heavy atom. The van der Waals surface area contributed by atoms with Crippen LogP contribution in [0, 0.1) is 6.92 Å². The minimum absolute atomic E-state index is 0.377. The van der Waals surface area contributed by atoms with Gasteiger partial charge in [0.2, 0.25) is 10.0 Å². The number of piperazine rings is 1. The molecule has 156 valence electrons. The van der Waals surface area contributed by atoms with Crippen molar-refractivity contribution >= 4 is 15.8 Å². The van der Waals surface area contributed by atoms with Crippen molar-refractivity contribution < 1.29 is 8.42 Å². The fraction of sp³-hybridized carbons (Fsp3) is 0.524. The van der Waals surface area contributed by atoms with Crippen molar-refractivity contribution in [2.45, 2.75) is 31.1 Å². The maximum Gasteiger partial charge on any atom is 0.243 e. The summed E-state index contributed by atoms with van der Waals surface area (Å²) in [6.07, 6.45) is 2.95. The van der Waals surface area contributed by atoms with Crippen LogP contribution in [0.25, 0.3) is 11.3 Å². The second-order valence-electron chi connectivity index (χ2n) is 8.01. The zero-order chi connectivity index (χ0) is 20.4. The fourth-order valence-corrected chi connectivity index (χ4v) is 5.73. The summed E-state index contributed by atoms with van der Waals surface area (Å²) < 4.78 is 27.9. The number of hydrogen-bond acceptors (Lipinski definition) is 6. The Bertz CT molecular complexity index is 948. The Labute approximate surface area is 173 Å². The number of anilines is 1. The summed E-state index contributed by atoms with van der Waals surface area (Å²) in [5.74, 6) is 0.870. The first-order chi connectivity index (χ1) is 13.9. The molecule has 7 nitrogen and oxygen atoms in total. The van der Waals surface area contributed by atoms with Gasteiger partial charge in [-0.1, -0.05) is 18.6 Å². The van der Waals surface area contributed by atoms with Gasteiger partial charge < -0.3 is 9.80 Å². The lowest BCUT2D eigenvalue weighted by molar-refractivity contribution is 0.312. The number of nitrogens with zero attached hydrogens (tertiary/aromatic N) is 5. The average molecular weight is 416 g/mol. The number of piperidine rings is 1. The van der Waals surface area contributed by atoms with E-state index in [9.17, 15) is 8.42 Å². The minimum atomic E-state index is -3.48. The van der Waals surface area contributed by atoms with Gasteiger partial charge in [-0.25, -0.2) is 8.42 Å². The fourth-order valence-electron chi connectivity index (χ4n) is 3.97. The predicted octanol–water partition coefficient (Wildman–Crippen LogP) is 2.38. The van der Waals surface area contributed by atoms with E-state index in [1.807, 2.05) is 31.2 Å². The van der Waals surface area contributed by atoms with Gasteiger partial charge in [-0.3, -0.25) is 0 Å². The van der Waals surface area contributed by atoms with Gasteiger partial charge in [0.25, 0.3) is 0 Å². The zero-order valence-corrected chi connectivity index (χ0v) is 18.0. The lowest BCUT2D eigenvalue weighted by Crippen LogP contribution is -2.44. The van der Waals surface area contributed by atoms with Gasteiger partial charge in [-0.2, -0.15) is 4.31 Å². The van der Waals surface area contributed by atoms with Crippen LogP contribution in [0.1, 0.15) is 24.8 Å². The van der Waals surface area contributed by atoms with Crippen LogP contribution in [-0.4, -0.2) is 74.1 Å². The third-order valence-corrected chi connectivity index (χ3v) is 7.94. The Balaban J connectivity index is 1.58. The van der Waals surface area contributed by atoms with E-state index in [4.69, 9.17) is 0 Å². The summed E-state index contributed by atoms with van der Waals surface area (Å²) in [6, 6.07) is 9.44. The summed E-state index contributed by atoms with van der Waals surface area (Å²) in [7, 11) is -1.36. The van der Waals surface area contributed by atoms with Crippen LogP contribution in [0.5, 0.6) is 0 Å². The van der Waals surface area contributed by atoms with Crippen molar-refractivity contribution in [2.75, 3.05) is 51.2 Å². The third kappa shape index (κ3) is 4.29. The molecular weight excluding hydrogens is 386 g/mol. The molecule has 8 heteroatoms. The minimum Gasteiger partial charge on any atom is -0.353 e. The van der Waals surface area contributed by atoms with Gasteiger partial charge in [-0.05, 0) is 50.6 Å². The van der Waals surface area contributed by atoms with Crippen LogP contribution in [-0.2, 0) is 10.0 Å². The summed E-state index contributed by atoms with van der Waals surface area (Å²) in [5, 5.41) is 8.80. The van der Waals surface area contributed by atoms with Crippen molar-refractivity contribution in [3.05, 3.63) is 35.9 Å². The topological polar surface area (TPSA) is 69.6 Å². The first-order valence-corrected chi connectivity index (χ1v) is 11.8. The monoisotopic (exact) mass is 415 g/mol. The molecule has 4 rings (SSSR count). The molecule has 0 bridgehead atoms. The van der Waals surface area contributed by atoms with Crippen LogP contribution < -0.4 is 4.90 Å². The van der Waals surface area contributed by atoms with Crippen molar-refractivity contribution in [3.8, 4) is 11.3 Å². The van der Waals surface area contributed by atoms with E-state index < -0.39 is 10.0 Å². The van der Waals surface area contributed by atoms with Gasteiger partial charge in [-0.15, -0.1) is 10.2 Å². The van der Waals surface area contributed by atoms with Gasteiger partial charge in [0.1, 0.15) is 0 Å². The predicted molar refractivity (Wildman–Crippen MR) is 115 cm³/mol.